The Balaban J connectivity index is 1.71. The number of rotatable bonds is 3. The van der Waals surface area contributed by atoms with Crippen LogP contribution < -0.4 is 5.32 Å². The molecule has 3 nitrogen and oxygen atoms in total. The predicted molar refractivity (Wildman–Crippen MR) is 68.8 cm³/mol. The molecule has 1 aromatic carbocycles. The lowest BCUT2D eigenvalue weighted by molar-refractivity contribution is 0.603. The minimum absolute atomic E-state index is 0.671. The Morgan fingerprint density at radius 2 is 2.12 bits per heavy atom. The van der Waals surface area contributed by atoms with Gasteiger partial charge in [-0.1, -0.05) is 24.3 Å². The Kier molecular flexibility index (Phi) is 2.92. The highest BCUT2D eigenvalue weighted by atomic mass is 14.9. The van der Waals surface area contributed by atoms with Crippen LogP contribution in [0.4, 0.5) is 0 Å². The van der Waals surface area contributed by atoms with Gasteiger partial charge in [0.1, 0.15) is 5.82 Å². The molecule has 3 rings (SSSR count). The Morgan fingerprint density at radius 3 is 2.76 bits per heavy atom. The number of benzene rings is 1. The zero-order valence-electron chi connectivity index (χ0n) is 9.82. The van der Waals surface area contributed by atoms with Crippen LogP contribution in [0.25, 0.3) is 11.4 Å². The molecule has 1 fully saturated rings. The molecular formula is C14H17N3. The molecule has 0 radical (unpaired) electrons. The second kappa shape index (κ2) is 4.72. The van der Waals surface area contributed by atoms with Crippen molar-refractivity contribution in [2.75, 3.05) is 6.54 Å². The number of hydrogen-bond donors (Lipinski definition) is 2. The smallest absolute Gasteiger partial charge is 0.137 e. The van der Waals surface area contributed by atoms with Crippen molar-refractivity contribution < 1.29 is 0 Å². The second-order valence-corrected chi connectivity index (χ2v) is 4.63. The summed E-state index contributed by atoms with van der Waals surface area (Å²) in [7, 11) is 0. The van der Waals surface area contributed by atoms with Crippen molar-refractivity contribution in [2.24, 2.45) is 0 Å². The molecule has 0 bridgehead atoms. The SMILES string of the molecule is c1c[nH]c(-c2ccc(CC3CCCN3)cc2)n1. The topological polar surface area (TPSA) is 40.7 Å². The fourth-order valence-corrected chi connectivity index (χ4v) is 2.44. The summed E-state index contributed by atoms with van der Waals surface area (Å²) in [6.07, 6.45) is 7.39. The molecule has 1 aromatic heterocycles. The maximum atomic E-state index is 4.25. The molecule has 1 aliphatic rings. The maximum Gasteiger partial charge on any atom is 0.137 e. The van der Waals surface area contributed by atoms with Crippen molar-refractivity contribution in [1.29, 1.82) is 0 Å². The molecule has 0 aliphatic carbocycles. The van der Waals surface area contributed by atoms with E-state index in [4.69, 9.17) is 0 Å². The van der Waals surface area contributed by atoms with E-state index in [1.165, 1.54) is 24.9 Å². The maximum absolute atomic E-state index is 4.25. The number of nitrogens with zero attached hydrogens (tertiary/aromatic N) is 1. The minimum atomic E-state index is 0.671. The number of hydrogen-bond acceptors (Lipinski definition) is 2. The van der Waals surface area contributed by atoms with Gasteiger partial charge in [0.2, 0.25) is 0 Å². The van der Waals surface area contributed by atoms with Crippen LogP contribution in [0.15, 0.2) is 36.7 Å². The van der Waals surface area contributed by atoms with Gasteiger partial charge in [-0.25, -0.2) is 4.98 Å². The molecule has 2 N–H and O–H groups in total. The van der Waals surface area contributed by atoms with E-state index < -0.39 is 0 Å². The van der Waals surface area contributed by atoms with Crippen LogP contribution in [0.3, 0.4) is 0 Å². The number of H-pyrrole nitrogens is 1. The van der Waals surface area contributed by atoms with E-state index in [0.717, 1.165) is 17.8 Å². The van der Waals surface area contributed by atoms with Crippen molar-refractivity contribution in [3.63, 3.8) is 0 Å². The summed E-state index contributed by atoms with van der Waals surface area (Å²) in [5, 5.41) is 3.53. The van der Waals surface area contributed by atoms with Gasteiger partial charge in [0, 0.05) is 24.0 Å². The van der Waals surface area contributed by atoms with Crippen LogP contribution in [-0.2, 0) is 6.42 Å². The molecule has 1 atom stereocenters. The van der Waals surface area contributed by atoms with Gasteiger partial charge in [-0.05, 0) is 31.4 Å². The number of aromatic amines is 1. The van der Waals surface area contributed by atoms with Gasteiger partial charge in [0.25, 0.3) is 0 Å². The quantitative estimate of drug-likeness (QED) is 0.845. The molecule has 88 valence electrons. The van der Waals surface area contributed by atoms with Crippen LogP contribution in [0, 0.1) is 0 Å². The van der Waals surface area contributed by atoms with Crippen LogP contribution in [0.1, 0.15) is 18.4 Å². The Labute approximate surface area is 101 Å². The predicted octanol–water partition coefficient (Wildman–Crippen LogP) is 2.37. The summed E-state index contributed by atoms with van der Waals surface area (Å²) in [5.41, 5.74) is 2.55. The van der Waals surface area contributed by atoms with Gasteiger partial charge in [0.15, 0.2) is 0 Å². The third-order valence-corrected chi connectivity index (χ3v) is 3.37. The summed E-state index contributed by atoms with van der Waals surface area (Å²) in [6.45, 7) is 1.18. The lowest BCUT2D eigenvalue weighted by Gasteiger charge is -2.10. The van der Waals surface area contributed by atoms with Crippen molar-refractivity contribution in [2.45, 2.75) is 25.3 Å². The molecule has 17 heavy (non-hydrogen) atoms. The molecule has 0 spiro atoms. The van der Waals surface area contributed by atoms with E-state index in [-0.39, 0.29) is 0 Å². The minimum Gasteiger partial charge on any atom is -0.345 e. The van der Waals surface area contributed by atoms with Crippen LogP contribution in [0.5, 0.6) is 0 Å². The molecule has 1 aliphatic heterocycles. The third-order valence-electron chi connectivity index (χ3n) is 3.37. The summed E-state index contributed by atoms with van der Waals surface area (Å²) >= 11 is 0. The number of nitrogens with one attached hydrogen (secondary N) is 2. The average molecular weight is 227 g/mol. The normalized spacial score (nSPS) is 19.6. The Bertz CT molecular complexity index is 453. The first-order chi connectivity index (χ1) is 8.42. The van der Waals surface area contributed by atoms with Gasteiger partial charge in [-0.3, -0.25) is 0 Å². The van der Waals surface area contributed by atoms with Crippen LogP contribution in [-0.4, -0.2) is 22.6 Å². The van der Waals surface area contributed by atoms with Gasteiger partial charge >= 0.3 is 0 Å². The molecule has 2 aromatic rings. The number of aromatic nitrogens is 2. The zero-order chi connectivity index (χ0) is 11.5. The summed E-state index contributed by atoms with van der Waals surface area (Å²) in [4.78, 5) is 7.37. The van der Waals surface area contributed by atoms with E-state index in [2.05, 4.69) is 39.6 Å². The van der Waals surface area contributed by atoms with E-state index in [0.29, 0.717) is 6.04 Å². The van der Waals surface area contributed by atoms with E-state index in [1.807, 2.05) is 6.20 Å². The largest absolute Gasteiger partial charge is 0.345 e. The standard InChI is InChI=1S/C14H17N3/c1-2-13(15-7-1)10-11-3-5-12(6-4-11)14-16-8-9-17-14/h3-6,8-9,13,15H,1-2,7,10H2,(H,16,17). The summed E-state index contributed by atoms with van der Waals surface area (Å²) in [6, 6.07) is 9.37. The average Bonchev–Trinajstić information content (AvgIpc) is 3.01. The molecular weight excluding hydrogens is 210 g/mol. The lowest BCUT2D eigenvalue weighted by Crippen LogP contribution is -2.23. The first kappa shape index (κ1) is 10.5. The molecule has 0 amide bonds. The number of imidazole rings is 1. The Morgan fingerprint density at radius 1 is 1.24 bits per heavy atom. The van der Waals surface area contributed by atoms with Crippen LogP contribution in [0.2, 0.25) is 0 Å². The van der Waals surface area contributed by atoms with Crippen molar-refractivity contribution in [1.82, 2.24) is 15.3 Å². The van der Waals surface area contributed by atoms with Crippen molar-refractivity contribution in [3.8, 4) is 11.4 Å². The highest BCUT2D eigenvalue weighted by Crippen LogP contribution is 2.17. The van der Waals surface area contributed by atoms with Gasteiger partial charge in [-0.2, -0.15) is 0 Å². The zero-order valence-corrected chi connectivity index (χ0v) is 9.82. The highest BCUT2D eigenvalue weighted by molar-refractivity contribution is 5.55. The van der Waals surface area contributed by atoms with E-state index >= 15 is 0 Å². The molecule has 2 heterocycles. The summed E-state index contributed by atoms with van der Waals surface area (Å²) < 4.78 is 0. The first-order valence-corrected chi connectivity index (χ1v) is 6.24. The fourth-order valence-electron chi connectivity index (χ4n) is 2.44. The lowest BCUT2D eigenvalue weighted by atomic mass is 10.0. The van der Waals surface area contributed by atoms with Crippen LogP contribution >= 0.6 is 0 Å². The van der Waals surface area contributed by atoms with Gasteiger partial charge in [0.05, 0.1) is 0 Å². The molecule has 1 unspecified atom stereocenters. The van der Waals surface area contributed by atoms with E-state index in [9.17, 15) is 0 Å². The van der Waals surface area contributed by atoms with Crippen molar-refractivity contribution >= 4 is 0 Å². The molecule has 3 heteroatoms. The molecule has 0 saturated carbocycles. The van der Waals surface area contributed by atoms with Gasteiger partial charge < -0.3 is 10.3 Å². The van der Waals surface area contributed by atoms with Gasteiger partial charge in [-0.15, -0.1) is 0 Å². The monoisotopic (exact) mass is 227 g/mol. The van der Waals surface area contributed by atoms with E-state index in [1.54, 1.807) is 6.20 Å². The third kappa shape index (κ3) is 2.39. The second-order valence-electron chi connectivity index (χ2n) is 4.63. The first-order valence-electron chi connectivity index (χ1n) is 6.24. The molecule has 1 saturated heterocycles. The Hall–Kier alpha value is -1.61. The summed E-state index contributed by atoms with van der Waals surface area (Å²) in [5.74, 6) is 0.940. The fraction of sp³-hybridized carbons (Fsp3) is 0.357. The highest BCUT2D eigenvalue weighted by Gasteiger charge is 2.14. The van der Waals surface area contributed by atoms with Crippen molar-refractivity contribution in [3.05, 3.63) is 42.2 Å².